The molecule has 0 spiro atoms. The summed E-state index contributed by atoms with van der Waals surface area (Å²) in [7, 11) is 2.76. The average Bonchev–Trinajstić information content (AvgIpc) is 2.82. The first-order valence-electron chi connectivity index (χ1n) is 6.37. The number of ether oxygens (including phenoxy) is 2. The lowest BCUT2D eigenvalue weighted by Gasteiger charge is -2.09. The number of carbonyl (C=O) groups is 1. The van der Waals surface area contributed by atoms with Crippen LogP contribution in [0, 0.1) is 5.82 Å². The summed E-state index contributed by atoms with van der Waals surface area (Å²) in [6, 6.07) is 4.60. The van der Waals surface area contributed by atoms with E-state index in [1.54, 1.807) is 12.1 Å². The zero-order valence-electron chi connectivity index (χ0n) is 12.0. The first-order valence-corrected chi connectivity index (χ1v) is 7.19. The van der Waals surface area contributed by atoms with Crippen molar-refractivity contribution in [2.24, 2.45) is 0 Å². The Morgan fingerprint density at radius 2 is 2.10 bits per heavy atom. The molecule has 112 valence electrons. The third-order valence-corrected chi connectivity index (χ3v) is 4.44. The summed E-state index contributed by atoms with van der Waals surface area (Å²) in [6.07, 6.45) is 0.576. The number of halogens is 1. The molecule has 2 N–H and O–H groups in total. The molecular formula is C15H16FNO3S. The minimum Gasteiger partial charge on any atom is -0.496 e. The minimum absolute atomic E-state index is 0.287. The second kappa shape index (κ2) is 6.13. The fraction of sp³-hybridized carbons (Fsp3) is 0.267. The topological polar surface area (TPSA) is 61.5 Å². The number of hydrogen-bond donors (Lipinski definition) is 1. The van der Waals surface area contributed by atoms with E-state index >= 15 is 0 Å². The van der Waals surface area contributed by atoms with Gasteiger partial charge in [-0.15, -0.1) is 11.3 Å². The average molecular weight is 309 g/mol. The van der Waals surface area contributed by atoms with Crippen molar-refractivity contribution >= 4 is 23.0 Å². The number of benzene rings is 1. The van der Waals surface area contributed by atoms with Gasteiger partial charge in [-0.2, -0.15) is 0 Å². The molecule has 0 bridgehead atoms. The van der Waals surface area contributed by atoms with Crippen LogP contribution in [0.2, 0.25) is 0 Å². The molecule has 0 saturated heterocycles. The Balaban J connectivity index is 2.73. The molecule has 2 rings (SSSR count). The zero-order valence-corrected chi connectivity index (χ0v) is 12.8. The van der Waals surface area contributed by atoms with E-state index in [0.29, 0.717) is 28.3 Å². The fourth-order valence-corrected chi connectivity index (χ4v) is 3.45. The molecule has 0 aliphatic heterocycles. The van der Waals surface area contributed by atoms with Crippen LogP contribution in [-0.4, -0.2) is 20.2 Å². The Morgan fingerprint density at radius 3 is 2.67 bits per heavy atom. The Bertz CT molecular complexity index is 682. The molecule has 0 aliphatic carbocycles. The van der Waals surface area contributed by atoms with E-state index in [1.165, 1.54) is 20.3 Å². The summed E-state index contributed by atoms with van der Waals surface area (Å²) in [5.41, 5.74) is 7.41. The first kappa shape index (κ1) is 15.3. The van der Waals surface area contributed by atoms with E-state index in [2.05, 4.69) is 0 Å². The monoisotopic (exact) mass is 309 g/mol. The molecule has 0 aliphatic rings. The highest BCUT2D eigenvalue weighted by Crippen LogP contribution is 2.44. The summed E-state index contributed by atoms with van der Waals surface area (Å²) < 4.78 is 24.2. The number of carbonyl (C=O) groups excluding carboxylic acids is 1. The van der Waals surface area contributed by atoms with Crippen LogP contribution in [0.5, 0.6) is 5.75 Å². The Kier molecular flexibility index (Phi) is 4.47. The SMILES string of the molecule is CCc1c(-c2c(F)cccc2OC)sc(C(=O)OC)c1N. The van der Waals surface area contributed by atoms with Gasteiger partial charge in [0.25, 0.3) is 0 Å². The molecule has 0 radical (unpaired) electrons. The first-order chi connectivity index (χ1) is 10.0. The van der Waals surface area contributed by atoms with E-state index in [4.69, 9.17) is 15.2 Å². The second-order valence-corrected chi connectivity index (χ2v) is 5.34. The molecule has 6 heteroatoms. The summed E-state index contributed by atoms with van der Waals surface area (Å²) >= 11 is 1.12. The number of anilines is 1. The normalized spacial score (nSPS) is 10.5. The number of hydrogen-bond acceptors (Lipinski definition) is 5. The lowest BCUT2D eigenvalue weighted by molar-refractivity contribution is 0.0607. The van der Waals surface area contributed by atoms with Crippen molar-refractivity contribution in [3.63, 3.8) is 0 Å². The van der Waals surface area contributed by atoms with Crippen molar-refractivity contribution in [1.82, 2.24) is 0 Å². The lowest BCUT2D eigenvalue weighted by atomic mass is 10.0. The number of esters is 1. The molecule has 0 amide bonds. The maximum absolute atomic E-state index is 14.2. The number of nitrogens with two attached hydrogens (primary N) is 1. The van der Waals surface area contributed by atoms with E-state index < -0.39 is 11.8 Å². The molecule has 0 unspecified atom stereocenters. The number of methoxy groups -OCH3 is 2. The molecule has 1 aromatic carbocycles. The lowest BCUT2D eigenvalue weighted by Crippen LogP contribution is -2.02. The van der Waals surface area contributed by atoms with Crippen LogP contribution in [0.15, 0.2) is 18.2 Å². The van der Waals surface area contributed by atoms with Gasteiger partial charge >= 0.3 is 5.97 Å². The molecule has 1 aromatic heterocycles. The molecule has 0 fully saturated rings. The number of rotatable bonds is 4. The number of thiophene rings is 1. The molecule has 21 heavy (non-hydrogen) atoms. The van der Waals surface area contributed by atoms with Gasteiger partial charge in [0.1, 0.15) is 16.4 Å². The highest BCUT2D eigenvalue weighted by Gasteiger charge is 2.24. The van der Waals surface area contributed by atoms with E-state index in [9.17, 15) is 9.18 Å². The van der Waals surface area contributed by atoms with Gasteiger partial charge in [0, 0.05) is 4.88 Å². The van der Waals surface area contributed by atoms with Gasteiger partial charge in [-0.05, 0) is 24.1 Å². The smallest absolute Gasteiger partial charge is 0.350 e. The summed E-state index contributed by atoms with van der Waals surface area (Å²) in [5.74, 6) is -0.530. The quantitative estimate of drug-likeness (QED) is 0.878. The van der Waals surface area contributed by atoms with Crippen molar-refractivity contribution in [1.29, 1.82) is 0 Å². The highest BCUT2D eigenvalue weighted by molar-refractivity contribution is 7.18. The van der Waals surface area contributed by atoms with E-state index in [-0.39, 0.29) is 4.88 Å². The molecular weight excluding hydrogens is 293 g/mol. The van der Waals surface area contributed by atoms with Gasteiger partial charge in [0.2, 0.25) is 0 Å². The predicted molar refractivity (Wildman–Crippen MR) is 81.4 cm³/mol. The van der Waals surface area contributed by atoms with Crippen LogP contribution in [0.25, 0.3) is 10.4 Å². The van der Waals surface area contributed by atoms with E-state index in [1.807, 2.05) is 6.92 Å². The van der Waals surface area contributed by atoms with Crippen LogP contribution in [0.1, 0.15) is 22.2 Å². The molecule has 0 saturated carbocycles. The maximum Gasteiger partial charge on any atom is 0.350 e. The van der Waals surface area contributed by atoms with Crippen LogP contribution in [0.3, 0.4) is 0 Å². The highest BCUT2D eigenvalue weighted by atomic mass is 32.1. The van der Waals surface area contributed by atoms with Crippen molar-refractivity contribution in [2.45, 2.75) is 13.3 Å². The van der Waals surface area contributed by atoms with Gasteiger partial charge in [0.05, 0.1) is 25.5 Å². The summed E-state index contributed by atoms with van der Waals surface area (Å²) in [4.78, 5) is 12.7. The van der Waals surface area contributed by atoms with Gasteiger partial charge in [-0.1, -0.05) is 13.0 Å². The van der Waals surface area contributed by atoms with Crippen molar-refractivity contribution in [3.05, 3.63) is 34.5 Å². The van der Waals surface area contributed by atoms with Crippen molar-refractivity contribution in [3.8, 4) is 16.2 Å². The summed E-state index contributed by atoms with van der Waals surface area (Å²) in [5, 5.41) is 0. The molecule has 1 heterocycles. The standard InChI is InChI=1S/C15H16FNO3S/c1-4-8-12(17)14(15(18)20-3)21-13(8)11-9(16)6-5-7-10(11)19-2/h5-7H,4,17H2,1-3H3. The minimum atomic E-state index is -0.520. The molecule has 0 atom stereocenters. The third kappa shape index (κ3) is 2.58. The molecule has 2 aromatic rings. The largest absolute Gasteiger partial charge is 0.496 e. The van der Waals surface area contributed by atoms with Crippen molar-refractivity contribution in [2.75, 3.05) is 20.0 Å². The predicted octanol–water partition coefficient (Wildman–Crippen LogP) is 3.49. The van der Waals surface area contributed by atoms with Crippen LogP contribution in [-0.2, 0) is 11.2 Å². The second-order valence-electron chi connectivity index (χ2n) is 4.31. The molecule has 4 nitrogen and oxygen atoms in total. The van der Waals surface area contributed by atoms with Crippen molar-refractivity contribution < 1.29 is 18.7 Å². The Morgan fingerprint density at radius 1 is 1.38 bits per heavy atom. The van der Waals surface area contributed by atoms with Crippen LogP contribution >= 0.6 is 11.3 Å². The van der Waals surface area contributed by atoms with Gasteiger partial charge < -0.3 is 15.2 Å². The van der Waals surface area contributed by atoms with Gasteiger partial charge in [-0.3, -0.25) is 0 Å². The van der Waals surface area contributed by atoms with Crippen LogP contribution < -0.4 is 10.5 Å². The van der Waals surface area contributed by atoms with Crippen LogP contribution in [0.4, 0.5) is 10.1 Å². The van der Waals surface area contributed by atoms with Gasteiger partial charge in [-0.25, -0.2) is 9.18 Å². The van der Waals surface area contributed by atoms with E-state index in [0.717, 1.165) is 16.9 Å². The van der Waals surface area contributed by atoms with Gasteiger partial charge in [0.15, 0.2) is 0 Å². The zero-order chi connectivity index (χ0) is 15.6. The fourth-order valence-electron chi connectivity index (χ4n) is 2.17. The maximum atomic E-state index is 14.2. The third-order valence-electron chi connectivity index (χ3n) is 3.19. The number of nitrogen functional groups attached to an aromatic ring is 1. The Hall–Kier alpha value is -2.08. The Labute approximate surface area is 126 Å². The summed E-state index contributed by atoms with van der Waals surface area (Å²) in [6.45, 7) is 1.90.